The fraction of sp³-hybridized carbons (Fsp3) is 0.350. The maximum atomic E-state index is 12.1. The Bertz CT molecular complexity index is 610. The zero-order valence-electron chi connectivity index (χ0n) is 13.8. The Balaban J connectivity index is 0.00000208. The van der Waals surface area contributed by atoms with E-state index >= 15 is 0 Å². The van der Waals surface area contributed by atoms with Crippen LogP contribution in [0, 0.1) is 0 Å². The molecular formula is C20H24ClN2O-. The molecule has 2 aromatic carbocycles. The van der Waals surface area contributed by atoms with Crippen molar-refractivity contribution in [3.8, 4) is 0 Å². The van der Waals surface area contributed by atoms with Gasteiger partial charge in [0.2, 0.25) is 5.91 Å². The van der Waals surface area contributed by atoms with Crippen molar-refractivity contribution in [1.82, 2.24) is 10.2 Å². The summed E-state index contributed by atoms with van der Waals surface area (Å²) in [4.78, 5) is 14.6. The lowest BCUT2D eigenvalue weighted by Crippen LogP contribution is -3.00. The lowest BCUT2D eigenvalue weighted by Gasteiger charge is -2.32. The summed E-state index contributed by atoms with van der Waals surface area (Å²) in [6, 6.07) is 20.8. The zero-order valence-corrected chi connectivity index (χ0v) is 14.6. The Kier molecular flexibility index (Phi) is 7.29. The summed E-state index contributed by atoms with van der Waals surface area (Å²) < 4.78 is 0. The SMILES string of the molecule is O=C(Cc1ccccc1)NC1CCN(Cc2ccccc2)CC1.[Cl-]. The molecule has 3 nitrogen and oxygen atoms in total. The standard InChI is InChI=1S/C20H24N2O.ClH/c23-20(15-17-7-3-1-4-8-17)21-19-11-13-22(14-12-19)16-18-9-5-2-6-10-18;/h1-10,19H,11-16H2,(H,21,23);1H/p-1. The zero-order chi connectivity index (χ0) is 15.9. The number of piperidine rings is 1. The molecule has 0 spiro atoms. The lowest BCUT2D eigenvalue weighted by molar-refractivity contribution is -0.121. The second-order valence-electron chi connectivity index (χ2n) is 6.27. The number of amides is 1. The number of likely N-dealkylation sites (tertiary alicyclic amines) is 1. The van der Waals surface area contributed by atoms with Gasteiger partial charge >= 0.3 is 0 Å². The predicted molar refractivity (Wildman–Crippen MR) is 93.0 cm³/mol. The van der Waals surface area contributed by atoms with Crippen LogP contribution in [0.25, 0.3) is 0 Å². The minimum Gasteiger partial charge on any atom is -1.00 e. The molecule has 1 amide bonds. The molecule has 0 radical (unpaired) electrons. The molecule has 0 bridgehead atoms. The van der Waals surface area contributed by atoms with Crippen LogP contribution in [0.1, 0.15) is 24.0 Å². The summed E-state index contributed by atoms with van der Waals surface area (Å²) in [7, 11) is 0. The van der Waals surface area contributed by atoms with Crippen LogP contribution in [0.4, 0.5) is 0 Å². The van der Waals surface area contributed by atoms with E-state index in [1.54, 1.807) is 0 Å². The molecule has 24 heavy (non-hydrogen) atoms. The van der Waals surface area contributed by atoms with Crippen LogP contribution < -0.4 is 17.7 Å². The molecule has 1 aliphatic heterocycles. The normalized spacial score (nSPS) is 15.5. The van der Waals surface area contributed by atoms with E-state index in [1.807, 2.05) is 30.3 Å². The van der Waals surface area contributed by atoms with Gasteiger partial charge in [-0.1, -0.05) is 60.7 Å². The first-order chi connectivity index (χ1) is 11.3. The van der Waals surface area contributed by atoms with Crippen LogP contribution in [0.15, 0.2) is 60.7 Å². The smallest absolute Gasteiger partial charge is 0.224 e. The minimum absolute atomic E-state index is 0. The third kappa shape index (κ3) is 5.66. The molecule has 0 unspecified atom stereocenters. The van der Waals surface area contributed by atoms with Gasteiger partial charge in [0, 0.05) is 25.7 Å². The summed E-state index contributed by atoms with van der Waals surface area (Å²) in [5, 5.41) is 3.19. The van der Waals surface area contributed by atoms with E-state index in [0.717, 1.165) is 38.0 Å². The van der Waals surface area contributed by atoms with Gasteiger partial charge in [0.05, 0.1) is 6.42 Å². The van der Waals surface area contributed by atoms with Crippen molar-refractivity contribution in [3.05, 3.63) is 71.8 Å². The molecular weight excluding hydrogens is 320 g/mol. The molecule has 0 atom stereocenters. The van der Waals surface area contributed by atoms with Gasteiger partial charge in [-0.3, -0.25) is 9.69 Å². The van der Waals surface area contributed by atoms with E-state index in [1.165, 1.54) is 5.56 Å². The van der Waals surface area contributed by atoms with Gasteiger partial charge < -0.3 is 17.7 Å². The summed E-state index contributed by atoms with van der Waals surface area (Å²) in [6.45, 7) is 3.10. The quantitative estimate of drug-likeness (QED) is 0.830. The second kappa shape index (κ2) is 9.45. The van der Waals surface area contributed by atoms with Gasteiger partial charge in [0.15, 0.2) is 0 Å². The Morgan fingerprint density at radius 1 is 0.917 bits per heavy atom. The summed E-state index contributed by atoms with van der Waals surface area (Å²) in [6.07, 6.45) is 2.55. The second-order valence-corrected chi connectivity index (χ2v) is 6.27. The fourth-order valence-corrected chi connectivity index (χ4v) is 3.14. The monoisotopic (exact) mass is 343 g/mol. The number of halogens is 1. The Hall–Kier alpha value is -1.84. The molecule has 2 aromatic rings. The number of rotatable bonds is 5. The first-order valence-electron chi connectivity index (χ1n) is 8.39. The first-order valence-corrected chi connectivity index (χ1v) is 8.39. The van der Waals surface area contributed by atoms with Gasteiger partial charge in [-0.2, -0.15) is 0 Å². The van der Waals surface area contributed by atoms with Crippen molar-refractivity contribution in [1.29, 1.82) is 0 Å². The van der Waals surface area contributed by atoms with Crippen molar-refractivity contribution in [2.75, 3.05) is 13.1 Å². The van der Waals surface area contributed by atoms with Crippen LogP contribution in [-0.2, 0) is 17.8 Å². The summed E-state index contributed by atoms with van der Waals surface area (Å²) in [5.41, 5.74) is 2.44. The van der Waals surface area contributed by atoms with Crippen LogP contribution in [0.2, 0.25) is 0 Å². The number of carbonyl (C=O) groups excluding carboxylic acids is 1. The highest BCUT2D eigenvalue weighted by Gasteiger charge is 2.20. The minimum atomic E-state index is 0. The third-order valence-corrected chi connectivity index (χ3v) is 4.41. The highest BCUT2D eigenvalue weighted by atomic mass is 35.5. The van der Waals surface area contributed by atoms with Gasteiger partial charge in [-0.15, -0.1) is 0 Å². The van der Waals surface area contributed by atoms with E-state index in [4.69, 9.17) is 0 Å². The largest absolute Gasteiger partial charge is 1.00 e. The molecule has 1 heterocycles. The van der Waals surface area contributed by atoms with E-state index in [9.17, 15) is 4.79 Å². The highest BCUT2D eigenvalue weighted by molar-refractivity contribution is 5.78. The fourth-order valence-electron chi connectivity index (χ4n) is 3.14. The molecule has 1 saturated heterocycles. The maximum Gasteiger partial charge on any atom is 0.224 e. The van der Waals surface area contributed by atoms with Crippen molar-refractivity contribution in [2.24, 2.45) is 0 Å². The topological polar surface area (TPSA) is 32.3 Å². The maximum absolute atomic E-state index is 12.1. The number of nitrogens with zero attached hydrogens (tertiary/aromatic N) is 1. The van der Waals surface area contributed by atoms with Crippen LogP contribution in [0.3, 0.4) is 0 Å². The Morgan fingerprint density at radius 3 is 2.04 bits per heavy atom. The highest BCUT2D eigenvalue weighted by Crippen LogP contribution is 2.14. The van der Waals surface area contributed by atoms with E-state index in [2.05, 4.69) is 40.5 Å². The number of carbonyl (C=O) groups is 1. The third-order valence-electron chi connectivity index (χ3n) is 4.41. The van der Waals surface area contributed by atoms with Gasteiger partial charge in [-0.25, -0.2) is 0 Å². The number of hydrogen-bond acceptors (Lipinski definition) is 2. The Labute approximate surface area is 150 Å². The molecule has 0 aliphatic carbocycles. The van der Waals surface area contributed by atoms with Gasteiger partial charge in [0.1, 0.15) is 0 Å². The molecule has 4 heteroatoms. The van der Waals surface area contributed by atoms with E-state index in [0.29, 0.717) is 12.5 Å². The molecule has 0 aromatic heterocycles. The average Bonchev–Trinajstić information content (AvgIpc) is 2.58. The van der Waals surface area contributed by atoms with Gasteiger partial charge in [0.25, 0.3) is 0 Å². The predicted octanol–water partition coefficient (Wildman–Crippen LogP) is 0.0139. The number of hydrogen-bond donors (Lipinski definition) is 1. The van der Waals surface area contributed by atoms with Crippen LogP contribution in [0.5, 0.6) is 0 Å². The van der Waals surface area contributed by atoms with E-state index in [-0.39, 0.29) is 18.3 Å². The molecule has 0 saturated carbocycles. The van der Waals surface area contributed by atoms with Crippen molar-refractivity contribution < 1.29 is 17.2 Å². The van der Waals surface area contributed by atoms with Crippen LogP contribution in [-0.4, -0.2) is 29.9 Å². The number of nitrogens with one attached hydrogen (secondary N) is 1. The van der Waals surface area contributed by atoms with Crippen molar-refractivity contribution in [3.63, 3.8) is 0 Å². The molecule has 1 aliphatic rings. The Morgan fingerprint density at radius 2 is 1.46 bits per heavy atom. The van der Waals surface area contributed by atoms with Gasteiger partial charge in [-0.05, 0) is 24.0 Å². The molecule has 1 fully saturated rings. The summed E-state index contributed by atoms with van der Waals surface area (Å²) in [5.74, 6) is 0.137. The van der Waals surface area contributed by atoms with Crippen molar-refractivity contribution >= 4 is 5.91 Å². The van der Waals surface area contributed by atoms with Crippen LogP contribution >= 0.6 is 0 Å². The van der Waals surface area contributed by atoms with Crippen molar-refractivity contribution in [2.45, 2.75) is 31.8 Å². The lowest BCUT2D eigenvalue weighted by atomic mass is 10.0. The summed E-state index contributed by atoms with van der Waals surface area (Å²) >= 11 is 0. The average molecular weight is 344 g/mol. The molecule has 3 rings (SSSR count). The first kappa shape index (κ1) is 18.5. The van der Waals surface area contributed by atoms with E-state index < -0.39 is 0 Å². The molecule has 1 N–H and O–H groups in total. The molecule has 128 valence electrons. The number of benzene rings is 2.